The van der Waals surface area contributed by atoms with Gasteiger partial charge in [-0.05, 0) is 19.1 Å². The van der Waals surface area contributed by atoms with Crippen LogP contribution in [0.1, 0.15) is 19.7 Å². The molecule has 1 aromatic heterocycles. The molecule has 0 aliphatic rings. The fourth-order valence-corrected chi connectivity index (χ4v) is 1.88. The predicted molar refractivity (Wildman–Crippen MR) is 72.8 cm³/mol. The molecule has 4 N–H and O–H groups in total. The number of ether oxygens (including phenoxy) is 1. The highest BCUT2D eigenvalue weighted by Crippen LogP contribution is 2.32. The number of rotatable bonds is 4. The Morgan fingerprint density at radius 2 is 2.00 bits per heavy atom. The van der Waals surface area contributed by atoms with Crippen LogP contribution in [0, 0.1) is 0 Å². The highest BCUT2D eigenvalue weighted by atomic mass is 16.5. The van der Waals surface area contributed by atoms with E-state index in [1.54, 1.807) is 0 Å². The van der Waals surface area contributed by atoms with E-state index in [2.05, 4.69) is 4.98 Å². The van der Waals surface area contributed by atoms with Gasteiger partial charge in [0.1, 0.15) is 17.3 Å². The van der Waals surface area contributed by atoms with Crippen LogP contribution in [-0.4, -0.2) is 16.3 Å². The van der Waals surface area contributed by atoms with Crippen molar-refractivity contribution in [2.45, 2.75) is 20.3 Å². The third-order valence-electron chi connectivity index (χ3n) is 2.78. The van der Waals surface area contributed by atoms with Gasteiger partial charge in [-0.3, -0.25) is 0 Å². The van der Waals surface area contributed by atoms with Gasteiger partial charge < -0.3 is 16.3 Å². The Labute approximate surface area is 106 Å². The summed E-state index contributed by atoms with van der Waals surface area (Å²) in [6, 6.07) is 7.69. The van der Waals surface area contributed by atoms with Gasteiger partial charge in [0.2, 0.25) is 0 Å². The van der Waals surface area contributed by atoms with Crippen LogP contribution in [0.2, 0.25) is 0 Å². The van der Waals surface area contributed by atoms with Crippen LogP contribution in [-0.2, 0) is 6.42 Å². The summed E-state index contributed by atoms with van der Waals surface area (Å²) in [5, 5.41) is 0. The molecular weight excluding hydrogens is 228 g/mol. The van der Waals surface area contributed by atoms with Crippen molar-refractivity contribution in [2.24, 2.45) is 0 Å². The molecule has 0 atom stereocenters. The molecular formula is C13H18N4O. The lowest BCUT2D eigenvalue weighted by atomic mass is 10.1. The molecule has 0 amide bonds. The standard InChI is InChI=1S/C13H18N4O/c1-3-11-16-12(13(14)17(11)15)9-7-5-6-8-10(9)18-4-2/h5-8H,3-4,14-15H2,1-2H3. The summed E-state index contributed by atoms with van der Waals surface area (Å²) in [5.74, 6) is 7.85. The quantitative estimate of drug-likeness (QED) is 0.806. The third kappa shape index (κ3) is 1.99. The molecule has 18 heavy (non-hydrogen) atoms. The number of hydrogen-bond acceptors (Lipinski definition) is 4. The Morgan fingerprint density at radius 3 is 2.61 bits per heavy atom. The fourth-order valence-electron chi connectivity index (χ4n) is 1.88. The van der Waals surface area contributed by atoms with Gasteiger partial charge in [0.25, 0.3) is 0 Å². The number of anilines is 1. The molecule has 5 nitrogen and oxygen atoms in total. The Balaban J connectivity index is 2.55. The van der Waals surface area contributed by atoms with Crippen molar-refractivity contribution in [1.82, 2.24) is 9.66 Å². The Morgan fingerprint density at radius 1 is 1.28 bits per heavy atom. The first kappa shape index (κ1) is 12.3. The number of nitrogens with two attached hydrogens (primary N) is 2. The Hall–Kier alpha value is -2.17. The van der Waals surface area contributed by atoms with Crippen LogP contribution in [0.3, 0.4) is 0 Å². The molecule has 0 aliphatic carbocycles. The Kier molecular flexibility index (Phi) is 3.41. The summed E-state index contributed by atoms with van der Waals surface area (Å²) in [6.07, 6.45) is 0.734. The van der Waals surface area contributed by atoms with Crippen LogP contribution in [0.4, 0.5) is 5.82 Å². The van der Waals surface area contributed by atoms with Crippen molar-refractivity contribution < 1.29 is 4.74 Å². The summed E-state index contributed by atoms with van der Waals surface area (Å²) in [4.78, 5) is 4.47. The number of nitrogens with zero attached hydrogens (tertiary/aromatic N) is 2. The third-order valence-corrected chi connectivity index (χ3v) is 2.78. The Bertz CT molecular complexity index is 548. The highest BCUT2D eigenvalue weighted by Gasteiger charge is 2.16. The molecule has 2 rings (SSSR count). The summed E-state index contributed by atoms with van der Waals surface area (Å²) < 4.78 is 7.01. The molecule has 0 saturated carbocycles. The second-order valence-electron chi connectivity index (χ2n) is 3.91. The van der Waals surface area contributed by atoms with Crippen molar-refractivity contribution in [3.63, 3.8) is 0 Å². The van der Waals surface area contributed by atoms with Gasteiger partial charge >= 0.3 is 0 Å². The van der Waals surface area contributed by atoms with Crippen LogP contribution < -0.4 is 16.3 Å². The van der Waals surface area contributed by atoms with Gasteiger partial charge in [0.05, 0.1) is 6.61 Å². The van der Waals surface area contributed by atoms with Crippen molar-refractivity contribution in [1.29, 1.82) is 0 Å². The van der Waals surface area contributed by atoms with E-state index in [9.17, 15) is 0 Å². The van der Waals surface area contributed by atoms with Crippen molar-refractivity contribution in [3.05, 3.63) is 30.1 Å². The highest BCUT2D eigenvalue weighted by molar-refractivity contribution is 5.76. The number of para-hydroxylation sites is 1. The van der Waals surface area contributed by atoms with E-state index in [1.165, 1.54) is 4.68 Å². The zero-order valence-electron chi connectivity index (χ0n) is 10.7. The van der Waals surface area contributed by atoms with E-state index in [-0.39, 0.29) is 0 Å². The van der Waals surface area contributed by atoms with Gasteiger partial charge in [0, 0.05) is 12.0 Å². The summed E-state index contributed by atoms with van der Waals surface area (Å²) in [5.41, 5.74) is 7.55. The molecule has 0 bridgehead atoms. The first-order valence-electron chi connectivity index (χ1n) is 6.03. The molecule has 0 spiro atoms. The van der Waals surface area contributed by atoms with E-state index >= 15 is 0 Å². The first-order valence-corrected chi connectivity index (χ1v) is 6.03. The van der Waals surface area contributed by atoms with E-state index in [1.807, 2.05) is 38.1 Å². The lowest BCUT2D eigenvalue weighted by Gasteiger charge is -2.08. The van der Waals surface area contributed by atoms with Crippen molar-refractivity contribution in [3.8, 4) is 17.0 Å². The van der Waals surface area contributed by atoms with Gasteiger partial charge in [-0.15, -0.1) is 0 Å². The predicted octanol–water partition coefficient (Wildman–Crippen LogP) is 1.81. The lowest BCUT2D eigenvalue weighted by Crippen LogP contribution is -2.14. The number of benzene rings is 1. The normalized spacial score (nSPS) is 10.6. The molecule has 2 aromatic rings. The summed E-state index contributed by atoms with van der Waals surface area (Å²) in [7, 11) is 0. The van der Waals surface area contributed by atoms with Crippen molar-refractivity contribution >= 4 is 5.82 Å². The van der Waals surface area contributed by atoms with Gasteiger partial charge in [-0.1, -0.05) is 19.1 Å². The molecule has 0 aliphatic heterocycles. The monoisotopic (exact) mass is 246 g/mol. The van der Waals surface area contributed by atoms with Gasteiger partial charge in [0.15, 0.2) is 5.82 Å². The van der Waals surface area contributed by atoms with Gasteiger partial charge in [-0.25, -0.2) is 9.66 Å². The average molecular weight is 246 g/mol. The number of aromatic nitrogens is 2. The summed E-state index contributed by atoms with van der Waals surface area (Å²) >= 11 is 0. The molecule has 0 saturated heterocycles. The topological polar surface area (TPSA) is 79.1 Å². The molecule has 0 fully saturated rings. The minimum absolute atomic E-state index is 0.457. The zero-order chi connectivity index (χ0) is 13.1. The first-order chi connectivity index (χ1) is 8.69. The van der Waals surface area contributed by atoms with Crippen LogP contribution in [0.5, 0.6) is 5.75 Å². The van der Waals surface area contributed by atoms with Crippen LogP contribution in [0.25, 0.3) is 11.3 Å². The van der Waals surface area contributed by atoms with E-state index in [0.29, 0.717) is 18.1 Å². The molecule has 96 valence electrons. The van der Waals surface area contributed by atoms with E-state index in [0.717, 1.165) is 23.6 Å². The number of imidazole rings is 1. The molecule has 5 heteroatoms. The number of hydrogen-bond donors (Lipinski definition) is 2. The van der Waals surface area contributed by atoms with E-state index in [4.69, 9.17) is 16.3 Å². The second kappa shape index (κ2) is 5.00. The molecule has 1 aromatic carbocycles. The van der Waals surface area contributed by atoms with Crippen molar-refractivity contribution in [2.75, 3.05) is 18.2 Å². The smallest absolute Gasteiger partial charge is 0.150 e. The number of aryl methyl sites for hydroxylation is 1. The lowest BCUT2D eigenvalue weighted by molar-refractivity contribution is 0.341. The molecule has 1 heterocycles. The summed E-state index contributed by atoms with van der Waals surface area (Å²) in [6.45, 7) is 4.53. The van der Waals surface area contributed by atoms with Crippen LogP contribution >= 0.6 is 0 Å². The zero-order valence-corrected chi connectivity index (χ0v) is 10.7. The maximum Gasteiger partial charge on any atom is 0.150 e. The minimum atomic E-state index is 0.457. The minimum Gasteiger partial charge on any atom is -0.493 e. The maximum atomic E-state index is 6.00. The van der Waals surface area contributed by atoms with Gasteiger partial charge in [-0.2, -0.15) is 0 Å². The maximum absolute atomic E-state index is 6.00. The van der Waals surface area contributed by atoms with Crippen LogP contribution in [0.15, 0.2) is 24.3 Å². The molecule has 0 radical (unpaired) electrons. The molecule has 0 unspecified atom stereocenters. The second-order valence-corrected chi connectivity index (χ2v) is 3.91. The number of nitrogen functional groups attached to an aromatic ring is 2. The average Bonchev–Trinajstić information content (AvgIpc) is 2.67. The largest absolute Gasteiger partial charge is 0.493 e. The SMILES string of the molecule is CCOc1ccccc1-c1nc(CC)n(N)c1N. The fraction of sp³-hybridized carbons (Fsp3) is 0.308. The van der Waals surface area contributed by atoms with E-state index < -0.39 is 0 Å².